The van der Waals surface area contributed by atoms with Crippen LogP contribution in [0.2, 0.25) is 0 Å². The first-order valence-electron chi connectivity index (χ1n) is 7.60. The van der Waals surface area contributed by atoms with Gasteiger partial charge in [-0.25, -0.2) is 0 Å². The molecule has 1 amide bonds. The zero-order chi connectivity index (χ0) is 15.4. The van der Waals surface area contributed by atoms with Crippen LogP contribution in [-0.2, 0) is 0 Å². The minimum absolute atomic E-state index is 0. The number of benzene rings is 2. The van der Waals surface area contributed by atoms with E-state index in [-0.39, 0.29) is 24.4 Å². The number of halogens is 1. The van der Waals surface area contributed by atoms with Crippen molar-refractivity contribution < 1.29 is 9.53 Å². The second-order valence-corrected chi connectivity index (χ2v) is 5.57. The van der Waals surface area contributed by atoms with Crippen LogP contribution in [0.15, 0.2) is 54.6 Å². The number of nitrogens with two attached hydrogens (primary N) is 1. The molecule has 23 heavy (non-hydrogen) atoms. The third-order valence-electron chi connectivity index (χ3n) is 3.89. The third kappa shape index (κ3) is 4.47. The van der Waals surface area contributed by atoms with Gasteiger partial charge in [0.1, 0.15) is 11.5 Å². The number of piperidine rings is 1. The summed E-state index contributed by atoms with van der Waals surface area (Å²) in [5, 5.41) is 0. The van der Waals surface area contributed by atoms with Gasteiger partial charge in [-0.15, -0.1) is 12.4 Å². The van der Waals surface area contributed by atoms with E-state index in [2.05, 4.69) is 0 Å². The van der Waals surface area contributed by atoms with Crippen molar-refractivity contribution >= 4 is 18.3 Å². The van der Waals surface area contributed by atoms with Gasteiger partial charge in [0, 0.05) is 24.7 Å². The summed E-state index contributed by atoms with van der Waals surface area (Å²) in [6.45, 7) is 1.45. The van der Waals surface area contributed by atoms with Crippen molar-refractivity contribution in [2.75, 3.05) is 13.1 Å². The van der Waals surface area contributed by atoms with Crippen LogP contribution in [0.4, 0.5) is 0 Å². The van der Waals surface area contributed by atoms with Gasteiger partial charge < -0.3 is 15.4 Å². The number of para-hydroxylation sites is 1. The van der Waals surface area contributed by atoms with Gasteiger partial charge in [-0.3, -0.25) is 4.79 Å². The summed E-state index contributed by atoms with van der Waals surface area (Å²) in [5.41, 5.74) is 6.54. The first-order valence-corrected chi connectivity index (χ1v) is 7.60. The number of nitrogens with zero attached hydrogens (tertiary/aromatic N) is 1. The molecular formula is C18H21ClN2O2. The van der Waals surface area contributed by atoms with Crippen LogP contribution in [0.1, 0.15) is 23.2 Å². The van der Waals surface area contributed by atoms with Crippen LogP contribution in [-0.4, -0.2) is 29.9 Å². The maximum Gasteiger partial charge on any atom is 0.253 e. The molecule has 2 aromatic rings. The Morgan fingerprint density at radius 2 is 1.65 bits per heavy atom. The zero-order valence-electron chi connectivity index (χ0n) is 12.9. The van der Waals surface area contributed by atoms with E-state index in [1.54, 1.807) is 6.07 Å². The van der Waals surface area contributed by atoms with Crippen LogP contribution in [0.3, 0.4) is 0 Å². The lowest BCUT2D eigenvalue weighted by atomic mass is 10.0. The van der Waals surface area contributed by atoms with Crippen molar-refractivity contribution in [2.24, 2.45) is 5.73 Å². The van der Waals surface area contributed by atoms with Gasteiger partial charge in [-0.1, -0.05) is 24.3 Å². The molecule has 0 aromatic heterocycles. The first-order chi connectivity index (χ1) is 10.7. The van der Waals surface area contributed by atoms with E-state index in [9.17, 15) is 4.79 Å². The average Bonchev–Trinajstić information content (AvgIpc) is 2.56. The second-order valence-electron chi connectivity index (χ2n) is 5.57. The van der Waals surface area contributed by atoms with Gasteiger partial charge in [0.2, 0.25) is 0 Å². The summed E-state index contributed by atoms with van der Waals surface area (Å²) < 4.78 is 5.78. The van der Waals surface area contributed by atoms with Crippen molar-refractivity contribution in [1.29, 1.82) is 0 Å². The van der Waals surface area contributed by atoms with E-state index < -0.39 is 0 Å². The lowest BCUT2D eigenvalue weighted by molar-refractivity contribution is 0.0714. The Bertz CT molecular complexity index is 640. The van der Waals surface area contributed by atoms with Gasteiger partial charge >= 0.3 is 0 Å². The van der Waals surface area contributed by atoms with E-state index >= 15 is 0 Å². The van der Waals surface area contributed by atoms with Crippen molar-refractivity contribution in [3.05, 3.63) is 60.2 Å². The molecule has 1 aliphatic rings. The SMILES string of the molecule is Cl.NC1CCN(C(=O)c2cccc(Oc3ccccc3)c2)CC1. The molecule has 0 atom stereocenters. The number of ether oxygens (including phenoxy) is 1. The third-order valence-corrected chi connectivity index (χ3v) is 3.89. The molecule has 0 aliphatic carbocycles. The second kappa shape index (κ2) is 7.99. The number of hydrogen-bond donors (Lipinski definition) is 1. The number of likely N-dealkylation sites (tertiary alicyclic amines) is 1. The van der Waals surface area contributed by atoms with Crippen LogP contribution >= 0.6 is 12.4 Å². The van der Waals surface area contributed by atoms with E-state index in [4.69, 9.17) is 10.5 Å². The fraction of sp³-hybridized carbons (Fsp3) is 0.278. The molecule has 1 fully saturated rings. The van der Waals surface area contributed by atoms with E-state index in [0.717, 1.165) is 31.7 Å². The monoisotopic (exact) mass is 332 g/mol. The highest BCUT2D eigenvalue weighted by molar-refractivity contribution is 5.94. The normalized spacial score (nSPS) is 14.9. The van der Waals surface area contributed by atoms with Crippen molar-refractivity contribution in [2.45, 2.75) is 18.9 Å². The molecule has 1 heterocycles. The summed E-state index contributed by atoms with van der Waals surface area (Å²) >= 11 is 0. The van der Waals surface area contributed by atoms with E-state index in [1.807, 2.05) is 53.4 Å². The number of hydrogen-bond acceptors (Lipinski definition) is 3. The largest absolute Gasteiger partial charge is 0.457 e. The molecule has 0 unspecified atom stereocenters. The summed E-state index contributed by atoms with van der Waals surface area (Å²) in [7, 11) is 0. The number of rotatable bonds is 3. The van der Waals surface area contributed by atoms with Crippen LogP contribution in [0.25, 0.3) is 0 Å². The minimum atomic E-state index is 0. The Balaban J connectivity index is 0.00000192. The molecule has 1 aliphatic heterocycles. The van der Waals surface area contributed by atoms with Crippen molar-refractivity contribution in [3.63, 3.8) is 0 Å². The van der Waals surface area contributed by atoms with E-state index in [1.165, 1.54) is 0 Å². The predicted molar refractivity (Wildman–Crippen MR) is 93.3 cm³/mol. The Morgan fingerprint density at radius 1 is 1.00 bits per heavy atom. The Morgan fingerprint density at radius 3 is 2.35 bits per heavy atom. The van der Waals surface area contributed by atoms with Gasteiger partial charge in [0.25, 0.3) is 5.91 Å². The molecule has 2 aromatic carbocycles. The number of carbonyl (C=O) groups is 1. The molecule has 1 saturated heterocycles. The first kappa shape index (κ1) is 17.3. The van der Waals surface area contributed by atoms with Crippen LogP contribution < -0.4 is 10.5 Å². The van der Waals surface area contributed by atoms with Gasteiger partial charge in [-0.05, 0) is 43.2 Å². The Kier molecular flexibility index (Phi) is 6.02. The average molecular weight is 333 g/mol. The molecule has 5 heteroatoms. The number of amides is 1. The van der Waals surface area contributed by atoms with Gasteiger partial charge in [-0.2, -0.15) is 0 Å². The summed E-state index contributed by atoms with van der Waals surface area (Å²) in [6.07, 6.45) is 1.73. The highest BCUT2D eigenvalue weighted by Crippen LogP contribution is 2.23. The molecule has 0 spiro atoms. The predicted octanol–water partition coefficient (Wildman–Crippen LogP) is 3.46. The maximum atomic E-state index is 12.5. The molecular weight excluding hydrogens is 312 g/mol. The molecule has 3 rings (SSSR count). The zero-order valence-corrected chi connectivity index (χ0v) is 13.7. The minimum Gasteiger partial charge on any atom is -0.457 e. The Labute approximate surface area is 142 Å². The number of carbonyl (C=O) groups excluding carboxylic acids is 1. The summed E-state index contributed by atoms with van der Waals surface area (Å²) in [4.78, 5) is 14.4. The van der Waals surface area contributed by atoms with Crippen LogP contribution in [0, 0.1) is 0 Å². The van der Waals surface area contributed by atoms with Gasteiger partial charge in [0.15, 0.2) is 0 Å². The Hall–Kier alpha value is -2.04. The molecule has 2 N–H and O–H groups in total. The standard InChI is InChI=1S/C18H20N2O2.ClH/c19-15-9-11-20(12-10-15)18(21)14-5-4-8-17(13-14)22-16-6-2-1-3-7-16;/h1-8,13,15H,9-12,19H2;1H. The maximum absolute atomic E-state index is 12.5. The molecule has 0 bridgehead atoms. The highest BCUT2D eigenvalue weighted by atomic mass is 35.5. The highest BCUT2D eigenvalue weighted by Gasteiger charge is 2.21. The lowest BCUT2D eigenvalue weighted by Gasteiger charge is -2.30. The van der Waals surface area contributed by atoms with Crippen molar-refractivity contribution in [1.82, 2.24) is 4.90 Å². The van der Waals surface area contributed by atoms with Gasteiger partial charge in [0.05, 0.1) is 0 Å². The summed E-state index contributed by atoms with van der Waals surface area (Å²) in [5.74, 6) is 1.48. The lowest BCUT2D eigenvalue weighted by Crippen LogP contribution is -2.42. The molecule has 4 nitrogen and oxygen atoms in total. The summed E-state index contributed by atoms with van der Waals surface area (Å²) in [6, 6.07) is 17.1. The van der Waals surface area contributed by atoms with Crippen LogP contribution in [0.5, 0.6) is 11.5 Å². The smallest absolute Gasteiger partial charge is 0.253 e. The fourth-order valence-corrected chi connectivity index (χ4v) is 2.60. The molecule has 122 valence electrons. The quantitative estimate of drug-likeness (QED) is 0.936. The van der Waals surface area contributed by atoms with Crippen molar-refractivity contribution in [3.8, 4) is 11.5 Å². The fourth-order valence-electron chi connectivity index (χ4n) is 2.60. The molecule has 0 radical (unpaired) electrons. The van der Waals surface area contributed by atoms with E-state index in [0.29, 0.717) is 11.3 Å². The molecule has 0 saturated carbocycles. The topological polar surface area (TPSA) is 55.6 Å².